The van der Waals surface area contributed by atoms with Gasteiger partial charge in [-0.3, -0.25) is 0 Å². The first-order chi connectivity index (χ1) is 14.3. The van der Waals surface area contributed by atoms with E-state index in [4.69, 9.17) is 4.74 Å². The van der Waals surface area contributed by atoms with Gasteiger partial charge >= 0.3 is 0 Å². The number of rotatable bonds is 8. The maximum Gasteiger partial charge on any atom is 0.128 e. The van der Waals surface area contributed by atoms with E-state index in [1.54, 1.807) is 0 Å². The summed E-state index contributed by atoms with van der Waals surface area (Å²) in [6.45, 7) is 0.787. The Kier molecular flexibility index (Phi) is 5.87. The van der Waals surface area contributed by atoms with E-state index in [0.29, 0.717) is 6.42 Å². The first-order valence-corrected chi connectivity index (χ1v) is 9.87. The van der Waals surface area contributed by atoms with Crippen molar-refractivity contribution in [3.8, 4) is 34.0 Å². The third kappa shape index (κ3) is 4.46. The molecule has 29 heavy (non-hydrogen) atoms. The van der Waals surface area contributed by atoms with Gasteiger partial charge in [-0.25, -0.2) is 0 Å². The third-order valence-electron chi connectivity index (χ3n) is 4.86. The van der Waals surface area contributed by atoms with Crippen LogP contribution in [-0.2, 0) is 11.3 Å². The number of para-hydroxylation sites is 1. The smallest absolute Gasteiger partial charge is 0.128 e. The molecular formula is C26H23NO2. The van der Waals surface area contributed by atoms with Crippen molar-refractivity contribution in [2.24, 2.45) is 0 Å². The molecule has 0 atom stereocenters. The molecule has 1 heterocycles. The normalized spacial score (nSPS) is 10.6. The van der Waals surface area contributed by atoms with Crippen LogP contribution in [0.1, 0.15) is 12.8 Å². The van der Waals surface area contributed by atoms with E-state index in [1.807, 2.05) is 60.7 Å². The van der Waals surface area contributed by atoms with Crippen LogP contribution in [-0.4, -0.2) is 10.9 Å². The van der Waals surface area contributed by atoms with Crippen LogP contribution in [0.3, 0.4) is 0 Å². The molecule has 0 unspecified atom stereocenters. The molecule has 0 saturated heterocycles. The average Bonchev–Trinajstić information content (AvgIpc) is 3.19. The van der Waals surface area contributed by atoms with E-state index >= 15 is 0 Å². The van der Waals surface area contributed by atoms with Crippen LogP contribution in [0.2, 0.25) is 0 Å². The number of hydrogen-bond acceptors (Lipinski definition) is 2. The second-order valence-electron chi connectivity index (χ2n) is 6.87. The summed E-state index contributed by atoms with van der Waals surface area (Å²) >= 11 is 0. The first kappa shape index (κ1) is 18.8. The Morgan fingerprint density at radius 2 is 1.31 bits per heavy atom. The van der Waals surface area contributed by atoms with Crippen LogP contribution in [0.4, 0.5) is 0 Å². The average molecular weight is 381 g/mol. The summed E-state index contributed by atoms with van der Waals surface area (Å²) in [6.07, 6.45) is 2.36. The van der Waals surface area contributed by atoms with Gasteiger partial charge in [0, 0.05) is 29.9 Å². The Labute approximate surface area is 171 Å². The molecule has 3 aromatic carbocycles. The fraction of sp³-hybridized carbons (Fsp3) is 0.115. The molecular weight excluding hydrogens is 358 g/mol. The zero-order chi connectivity index (χ0) is 19.9. The van der Waals surface area contributed by atoms with Crippen molar-refractivity contribution in [3.05, 3.63) is 97.1 Å². The first-order valence-electron chi connectivity index (χ1n) is 9.87. The molecule has 1 aromatic heterocycles. The number of aldehydes is 1. The van der Waals surface area contributed by atoms with Gasteiger partial charge in [0.1, 0.15) is 17.8 Å². The van der Waals surface area contributed by atoms with Crippen molar-refractivity contribution in [1.82, 2.24) is 4.57 Å². The van der Waals surface area contributed by atoms with Crippen LogP contribution in [0.15, 0.2) is 97.1 Å². The molecule has 0 N–H and O–H groups in total. The van der Waals surface area contributed by atoms with Crippen molar-refractivity contribution in [2.45, 2.75) is 19.4 Å². The Balaban J connectivity index is 1.69. The molecule has 0 aliphatic rings. The largest absolute Gasteiger partial charge is 0.457 e. The second kappa shape index (κ2) is 9.07. The highest BCUT2D eigenvalue weighted by molar-refractivity contribution is 5.70. The molecule has 3 nitrogen and oxygen atoms in total. The van der Waals surface area contributed by atoms with Crippen LogP contribution in [0.5, 0.6) is 11.5 Å². The maximum absolute atomic E-state index is 10.8. The number of aromatic nitrogens is 1. The number of carbonyl (C=O) groups is 1. The Morgan fingerprint density at radius 3 is 2.03 bits per heavy atom. The lowest BCUT2D eigenvalue weighted by Gasteiger charge is -2.14. The van der Waals surface area contributed by atoms with Crippen LogP contribution in [0.25, 0.3) is 22.5 Å². The van der Waals surface area contributed by atoms with Gasteiger partial charge in [0.2, 0.25) is 0 Å². The summed E-state index contributed by atoms with van der Waals surface area (Å²) in [5.74, 6) is 1.62. The lowest BCUT2D eigenvalue weighted by Crippen LogP contribution is -2.03. The minimum Gasteiger partial charge on any atom is -0.457 e. The topological polar surface area (TPSA) is 31.2 Å². The number of unbranched alkanes of at least 4 members (excludes halogenated alkanes) is 1. The standard InChI is InChI=1S/C26H23NO2/c28-19-8-7-18-27-25(21-10-3-1-4-11-21)16-17-26(27)22-12-9-15-24(20-22)29-23-13-5-2-6-14-23/h1-6,9-17,19-20H,7-8,18H2. The van der Waals surface area contributed by atoms with Gasteiger partial charge in [-0.05, 0) is 48.4 Å². The van der Waals surface area contributed by atoms with Crippen molar-refractivity contribution in [1.29, 1.82) is 0 Å². The minimum absolute atomic E-state index is 0.559. The molecule has 3 heteroatoms. The Bertz CT molecular complexity index is 1070. The van der Waals surface area contributed by atoms with Crippen molar-refractivity contribution in [3.63, 3.8) is 0 Å². The molecule has 0 aliphatic heterocycles. The predicted molar refractivity (Wildman–Crippen MR) is 117 cm³/mol. The zero-order valence-corrected chi connectivity index (χ0v) is 16.2. The van der Waals surface area contributed by atoms with E-state index in [2.05, 4.69) is 41.0 Å². The Hall–Kier alpha value is -3.59. The van der Waals surface area contributed by atoms with E-state index in [9.17, 15) is 4.79 Å². The van der Waals surface area contributed by atoms with E-state index < -0.39 is 0 Å². The van der Waals surface area contributed by atoms with Gasteiger partial charge in [0.05, 0.1) is 0 Å². The molecule has 4 aromatic rings. The van der Waals surface area contributed by atoms with Gasteiger partial charge in [-0.1, -0.05) is 60.7 Å². The molecule has 0 radical (unpaired) electrons. The number of carbonyl (C=O) groups excluding carboxylic acids is 1. The lowest BCUT2D eigenvalue weighted by atomic mass is 10.1. The highest BCUT2D eigenvalue weighted by Gasteiger charge is 2.12. The minimum atomic E-state index is 0.559. The van der Waals surface area contributed by atoms with Gasteiger partial charge in [0.25, 0.3) is 0 Å². The molecule has 0 spiro atoms. The van der Waals surface area contributed by atoms with Gasteiger partial charge < -0.3 is 14.1 Å². The lowest BCUT2D eigenvalue weighted by molar-refractivity contribution is -0.107. The number of benzene rings is 3. The fourth-order valence-corrected chi connectivity index (χ4v) is 3.50. The summed E-state index contributed by atoms with van der Waals surface area (Å²) in [6, 6.07) is 32.6. The molecule has 0 aliphatic carbocycles. The van der Waals surface area contributed by atoms with Crippen molar-refractivity contribution in [2.75, 3.05) is 0 Å². The van der Waals surface area contributed by atoms with Gasteiger partial charge in [-0.2, -0.15) is 0 Å². The van der Waals surface area contributed by atoms with Crippen LogP contribution < -0.4 is 4.74 Å². The summed E-state index contributed by atoms with van der Waals surface area (Å²) in [4.78, 5) is 10.8. The highest BCUT2D eigenvalue weighted by Crippen LogP contribution is 2.32. The molecule has 0 saturated carbocycles. The number of ether oxygens (including phenoxy) is 1. The van der Waals surface area contributed by atoms with Crippen LogP contribution >= 0.6 is 0 Å². The second-order valence-corrected chi connectivity index (χ2v) is 6.87. The highest BCUT2D eigenvalue weighted by atomic mass is 16.5. The Morgan fingerprint density at radius 1 is 0.690 bits per heavy atom. The monoisotopic (exact) mass is 381 g/mol. The van der Waals surface area contributed by atoms with Gasteiger partial charge in [-0.15, -0.1) is 0 Å². The third-order valence-corrected chi connectivity index (χ3v) is 4.86. The van der Waals surface area contributed by atoms with Crippen molar-refractivity contribution >= 4 is 6.29 Å². The zero-order valence-electron chi connectivity index (χ0n) is 16.2. The van der Waals surface area contributed by atoms with E-state index in [1.165, 1.54) is 5.56 Å². The molecule has 0 bridgehead atoms. The summed E-state index contributed by atoms with van der Waals surface area (Å²) in [5, 5.41) is 0. The van der Waals surface area contributed by atoms with Crippen molar-refractivity contribution < 1.29 is 9.53 Å². The summed E-state index contributed by atoms with van der Waals surface area (Å²) in [7, 11) is 0. The molecule has 0 fully saturated rings. The van der Waals surface area contributed by atoms with Gasteiger partial charge in [0.15, 0.2) is 0 Å². The SMILES string of the molecule is O=CCCCn1c(-c2ccccc2)ccc1-c1cccc(Oc2ccccc2)c1. The molecule has 144 valence electrons. The maximum atomic E-state index is 10.8. The summed E-state index contributed by atoms with van der Waals surface area (Å²) in [5.41, 5.74) is 4.53. The summed E-state index contributed by atoms with van der Waals surface area (Å²) < 4.78 is 8.31. The number of nitrogens with zero attached hydrogens (tertiary/aromatic N) is 1. The number of hydrogen-bond donors (Lipinski definition) is 0. The predicted octanol–water partition coefficient (Wildman–Crippen LogP) is 6.59. The van der Waals surface area contributed by atoms with Crippen LogP contribution in [0, 0.1) is 0 Å². The quantitative estimate of drug-likeness (QED) is 0.254. The fourth-order valence-electron chi connectivity index (χ4n) is 3.50. The molecule has 4 rings (SSSR count). The molecule has 0 amide bonds. The van der Waals surface area contributed by atoms with E-state index in [-0.39, 0.29) is 0 Å². The van der Waals surface area contributed by atoms with E-state index in [0.717, 1.165) is 47.7 Å².